The number of pyridine rings is 1. The van der Waals surface area contributed by atoms with Crippen molar-refractivity contribution in [3.8, 4) is 22.6 Å². The number of rotatable bonds is 8. The first-order valence-corrected chi connectivity index (χ1v) is 12.8. The lowest BCUT2D eigenvalue weighted by Crippen LogP contribution is -2.38. The SMILES string of the molecule is O=C(Cc1cn2nc(-c3c(-c4ccc(F)cc4)ncn3CCN3CCOCC3)ccc2n1)c1cc(F)nc(F)c1. The van der Waals surface area contributed by atoms with E-state index in [0.717, 1.165) is 43.0 Å². The van der Waals surface area contributed by atoms with Crippen LogP contribution >= 0.6 is 0 Å². The number of carbonyl (C=O) groups is 1. The summed E-state index contributed by atoms with van der Waals surface area (Å²) in [6, 6.07) is 11.5. The molecule has 12 heteroatoms. The number of halogens is 3. The lowest BCUT2D eigenvalue weighted by Gasteiger charge is -2.26. The Morgan fingerprint density at radius 1 is 0.925 bits per heavy atom. The Bertz CT molecular complexity index is 1660. The molecular weight excluding hydrogens is 523 g/mol. The van der Waals surface area contributed by atoms with Crippen LogP contribution in [0.15, 0.2) is 61.1 Å². The Balaban J connectivity index is 1.32. The second kappa shape index (κ2) is 11.0. The van der Waals surface area contributed by atoms with Gasteiger partial charge < -0.3 is 9.30 Å². The molecule has 0 N–H and O–H groups in total. The third-order valence-corrected chi connectivity index (χ3v) is 6.76. The summed E-state index contributed by atoms with van der Waals surface area (Å²) in [7, 11) is 0. The number of fused-ring (bicyclic) bond motifs is 1. The molecule has 0 aliphatic carbocycles. The largest absolute Gasteiger partial charge is 0.379 e. The fourth-order valence-corrected chi connectivity index (χ4v) is 4.75. The first-order valence-electron chi connectivity index (χ1n) is 12.8. The molecule has 5 aromatic rings. The molecule has 0 radical (unpaired) electrons. The predicted molar refractivity (Wildman–Crippen MR) is 139 cm³/mol. The number of hydrogen-bond acceptors (Lipinski definition) is 7. The molecule has 1 aliphatic rings. The van der Waals surface area contributed by atoms with Crippen LogP contribution in [0.3, 0.4) is 0 Å². The van der Waals surface area contributed by atoms with Crippen LogP contribution in [0, 0.1) is 17.7 Å². The zero-order valence-electron chi connectivity index (χ0n) is 21.3. The van der Waals surface area contributed by atoms with Crippen LogP contribution in [0.25, 0.3) is 28.3 Å². The molecule has 1 fully saturated rings. The van der Waals surface area contributed by atoms with Crippen molar-refractivity contribution in [1.82, 2.24) is 34.0 Å². The highest BCUT2D eigenvalue weighted by atomic mass is 19.1. The number of imidazole rings is 2. The van der Waals surface area contributed by atoms with Crippen molar-refractivity contribution in [3.63, 3.8) is 0 Å². The highest BCUT2D eigenvalue weighted by molar-refractivity contribution is 5.97. The van der Waals surface area contributed by atoms with E-state index in [0.29, 0.717) is 42.5 Å². The topological polar surface area (TPSA) is 90.4 Å². The van der Waals surface area contributed by atoms with E-state index in [1.165, 1.54) is 12.1 Å². The average molecular weight is 548 g/mol. The van der Waals surface area contributed by atoms with Gasteiger partial charge in [0.25, 0.3) is 0 Å². The summed E-state index contributed by atoms with van der Waals surface area (Å²) in [6.45, 7) is 4.57. The molecule has 6 rings (SSSR count). The first kappa shape index (κ1) is 25.8. The van der Waals surface area contributed by atoms with E-state index in [-0.39, 0.29) is 17.8 Å². The number of benzene rings is 1. The standard InChI is InChI=1S/C28H24F3N7O2/c29-20-3-1-18(2-4-20)27-28(37(17-32-27)8-7-36-9-11-40-12-10-36)22-5-6-26-33-21(16-38(26)35-22)15-23(39)19-13-24(30)34-25(31)14-19/h1-6,13-14,16-17H,7-12,15H2. The molecule has 40 heavy (non-hydrogen) atoms. The van der Waals surface area contributed by atoms with E-state index in [9.17, 15) is 18.0 Å². The lowest BCUT2D eigenvalue weighted by atomic mass is 10.1. The Morgan fingerprint density at radius 3 is 2.42 bits per heavy atom. The second-order valence-electron chi connectivity index (χ2n) is 9.45. The normalized spacial score (nSPS) is 14.2. The number of carbonyl (C=O) groups excluding carboxylic acids is 1. The molecule has 1 saturated heterocycles. The Kier molecular flexibility index (Phi) is 7.10. The van der Waals surface area contributed by atoms with Gasteiger partial charge in [-0.25, -0.2) is 18.9 Å². The van der Waals surface area contributed by atoms with Crippen molar-refractivity contribution in [2.24, 2.45) is 0 Å². The summed E-state index contributed by atoms with van der Waals surface area (Å²) < 4.78 is 49.6. The fourth-order valence-electron chi connectivity index (χ4n) is 4.75. The predicted octanol–water partition coefficient (Wildman–Crippen LogP) is 3.83. The summed E-state index contributed by atoms with van der Waals surface area (Å²) in [5, 5.41) is 4.75. The maximum Gasteiger partial charge on any atom is 0.216 e. The van der Waals surface area contributed by atoms with Crippen LogP contribution in [0.4, 0.5) is 13.2 Å². The summed E-state index contributed by atoms with van der Waals surface area (Å²) in [4.78, 5) is 27.1. The maximum absolute atomic E-state index is 13.6. The van der Waals surface area contributed by atoms with Crippen molar-refractivity contribution in [3.05, 3.63) is 90.0 Å². The van der Waals surface area contributed by atoms with Gasteiger partial charge in [0, 0.05) is 49.4 Å². The van der Waals surface area contributed by atoms with E-state index >= 15 is 0 Å². The molecule has 1 aliphatic heterocycles. The molecule has 5 heterocycles. The summed E-state index contributed by atoms with van der Waals surface area (Å²) in [6.07, 6.45) is 3.20. The van der Waals surface area contributed by atoms with E-state index in [1.54, 1.807) is 35.2 Å². The molecule has 9 nitrogen and oxygen atoms in total. The van der Waals surface area contributed by atoms with Crippen molar-refractivity contribution in [2.45, 2.75) is 13.0 Å². The van der Waals surface area contributed by atoms with E-state index in [2.05, 4.69) is 19.9 Å². The Labute approximate surface area is 226 Å². The molecule has 0 unspecified atom stereocenters. The number of Topliss-reactive ketones (excluding diaryl/α,β-unsaturated/α-hetero) is 1. The number of ether oxygens (including phenoxy) is 1. The number of morpholine rings is 1. The minimum atomic E-state index is -1.06. The molecule has 4 aromatic heterocycles. The van der Waals surface area contributed by atoms with Gasteiger partial charge in [-0.15, -0.1) is 0 Å². The van der Waals surface area contributed by atoms with Gasteiger partial charge in [-0.1, -0.05) is 0 Å². The number of nitrogens with zero attached hydrogens (tertiary/aromatic N) is 7. The van der Waals surface area contributed by atoms with Crippen LogP contribution in [-0.2, 0) is 17.7 Å². The molecular formula is C28H24F3N7O2. The highest BCUT2D eigenvalue weighted by Crippen LogP contribution is 2.30. The van der Waals surface area contributed by atoms with Crippen molar-refractivity contribution in [2.75, 3.05) is 32.8 Å². The quantitative estimate of drug-likeness (QED) is 0.216. The molecule has 0 atom stereocenters. The van der Waals surface area contributed by atoms with Crippen LogP contribution in [0.2, 0.25) is 0 Å². The van der Waals surface area contributed by atoms with E-state index in [1.807, 2.05) is 10.6 Å². The van der Waals surface area contributed by atoms with Gasteiger partial charge in [-0.3, -0.25) is 9.69 Å². The van der Waals surface area contributed by atoms with Gasteiger partial charge >= 0.3 is 0 Å². The van der Waals surface area contributed by atoms with Crippen molar-refractivity contribution >= 4 is 11.4 Å². The van der Waals surface area contributed by atoms with Gasteiger partial charge in [-0.2, -0.15) is 18.9 Å². The first-order chi connectivity index (χ1) is 19.4. The third-order valence-electron chi connectivity index (χ3n) is 6.76. The zero-order chi connectivity index (χ0) is 27.6. The summed E-state index contributed by atoms with van der Waals surface area (Å²) in [5.41, 5.74) is 3.55. The van der Waals surface area contributed by atoms with Crippen LogP contribution in [-0.4, -0.2) is 72.7 Å². The molecule has 0 saturated carbocycles. The van der Waals surface area contributed by atoms with Crippen molar-refractivity contribution < 1.29 is 22.7 Å². The Morgan fingerprint density at radius 2 is 1.68 bits per heavy atom. The van der Waals surface area contributed by atoms with Gasteiger partial charge in [0.2, 0.25) is 11.9 Å². The molecule has 0 bridgehead atoms. The smallest absolute Gasteiger partial charge is 0.216 e. The number of ketones is 1. The van der Waals surface area contributed by atoms with E-state index in [4.69, 9.17) is 9.84 Å². The van der Waals surface area contributed by atoms with Gasteiger partial charge in [0.1, 0.15) is 11.5 Å². The van der Waals surface area contributed by atoms with Gasteiger partial charge in [0.05, 0.1) is 49.2 Å². The number of aromatic nitrogens is 6. The number of hydrogen-bond donors (Lipinski definition) is 0. The molecule has 0 amide bonds. The van der Waals surface area contributed by atoms with Gasteiger partial charge in [-0.05, 0) is 36.4 Å². The minimum absolute atomic E-state index is 0.121. The van der Waals surface area contributed by atoms with Crippen LogP contribution in [0.1, 0.15) is 16.1 Å². The molecule has 0 spiro atoms. The molecule has 204 valence electrons. The minimum Gasteiger partial charge on any atom is -0.379 e. The monoisotopic (exact) mass is 547 g/mol. The lowest BCUT2D eigenvalue weighted by molar-refractivity contribution is 0.0364. The maximum atomic E-state index is 13.6. The van der Waals surface area contributed by atoms with Gasteiger partial charge in [0.15, 0.2) is 11.4 Å². The van der Waals surface area contributed by atoms with E-state index < -0.39 is 17.7 Å². The zero-order valence-corrected chi connectivity index (χ0v) is 21.3. The Hall–Kier alpha value is -4.42. The average Bonchev–Trinajstić information content (AvgIpc) is 3.55. The van der Waals surface area contributed by atoms with Crippen LogP contribution in [0.5, 0.6) is 0 Å². The van der Waals surface area contributed by atoms with Crippen LogP contribution < -0.4 is 0 Å². The third kappa shape index (κ3) is 5.49. The fraction of sp³-hybridized carbons (Fsp3) is 0.250. The summed E-state index contributed by atoms with van der Waals surface area (Å²) in [5.74, 6) is -2.96. The molecule has 1 aromatic carbocycles. The summed E-state index contributed by atoms with van der Waals surface area (Å²) >= 11 is 0. The second-order valence-corrected chi connectivity index (χ2v) is 9.45. The van der Waals surface area contributed by atoms with Crippen molar-refractivity contribution in [1.29, 1.82) is 0 Å². The highest BCUT2D eigenvalue weighted by Gasteiger charge is 2.20.